The van der Waals surface area contributed by atoms with E-state index in [1.165, 1.54) is 6.26 Å². The van der Waals surface area contributed by atoms with Gasteiger partial charge in [0.15, 0.2) is 0 Å². The normalized spacial score (nSPS) is 39.7. The van der Waals surface area contributed by atoms with Crippen molar-refractivity contribution in [1.82, 2.24) is 4.90 Å². The predicted octanol–water partition coefficient (Wildman–Crippen LogP) is 1.19. The summed E-state index contributed by atoms with van der Waals surface area (Å²) in [5, 5.41) is 9.96. The van der Waals surface area contributed by atoms with Gasteiger partial charge in [0, 0.05) is 18.8 Å². The van der Waals surface area contributed by atoms with Gasteiger partial charge in [-0.3, -0.25) is 4.90 Å². The lowest BCUT2D eigenvalue weighted by Gasteiger charge is -2.43. The van der Waals surface area contributed by atoms with E-state index in [4.69, 9.17) is 0 Å². The van der Waals surface area contributed by atoms with Crippen molar-refractivity contribution in [1.29, 1.82) is 0 Å². The molecule has 0 aromatic carbocycles. The average molecular weight is 275 g/mol. The van der Waals surface area contributed by atoms with Crippen molar-refractivity contribution in [3.05, 3.63) is 0 Å². The monoisotopic (exact) mass is 275 g/mol. The van der Waals surface area contributed by atoms with E-state index in [9.17, 15) is 13.5 Å². The van der Waals surface area contributed by atoms with Gasteiger partial charge in [0.1, 0.15) is 9.84 Å². The molecule has 1 saturated carbocycles. The highest BCUT2D eigenvalue weighted by Crippen LogP contribution is 2.31. The van der Waals surface area contributed by atoms with E-state index in [-0.39, 0.29) is 5.25 Å². The summed E-state index contributed by atoms with van der Waals surface area (Å²) in [7, 11) is -2.92. The molecular weight excluding hydrogens is 250 g/mol. The Labute approximate surface area is 110 Å². The Morgan fingerprint density at radius 2 is 2.00 bits per heavy atom. The van der Waals surface area contributed by atoms with E-state index in [1.54, 1.807) is 0 Å². The summed E-state index contributed by atoms with van der Waals surface area (Å²) in [5.74, 6) is 0. The molecule has 2 aliphatic rings. The zero-order valence-corrected chi connectivity index (χ0v) is 12.2. The molecule has 0 bridgehead atoms. The highest BCUT2D eigenvalue weighted by atomic mass is 32.2. The summed E-state index contributed by atoms with van der Waals surface area (Å²) in [6.45, 7) is 3.57. The molecule has 3 unspecified atom stereocenters. The summed E-state index contributed by atoms with van der Waals surface area (Å²) >= 11 is 0. The van der Waals surface area contributed by atoms with Crippen molar-refractivity contribution in [2.45, 2.75) is 62.3 Å². The van der Waals surface area contributed by atoms with Gasteiger partial charge in [0.2, 0.25) is 0 Å². The number of sulfone groups is 1. The third kappa shape index (κ3) is 3.45. The number of aliphatic hydroxyl groups is 1. The third-order valence-electron chi connectivity index (χ3n) is 4.42. The second kappa shape index (κ2) is 5.10. The van der Waals surface area contributed by atoms with E-state index in [0.29, 0.717) is 12.6 Å². The summed E-state index contributed by atoms with van der Waals surface area (Å²) in [5.41, 5.74) is -0.601. The second-order valence-electron chi connectivity index (χ2n) is 6.34. The molecule has 0 aromatic heterocycles. The Kier molecular flexibility index (Phi) is 4.04. The van der Waals surface area contributed by atoms with Crippen molar-refractivity contribution in [2.75, 3.05) is 19.3 Å². The first-order valence-corrected chi connectivity index (χ1v) is 8.89. The maximum Gasteiger partial charge on any atom is 0.150 e. The predicted molar refractivity (Wildman–Crippen MR) is 72.3 cm³/mol. The van der Waals surface area contributed by atoms with Crippen LogP contribution in [-0.2, 0) is 9.84 Å². The van der Waals surface area contributed by atoms with E-state index >= 15 is 0 Å². The highest BCUT2D eigenvalue weighted by Gasteiger charge is 2.36. The Hall–Kier alpha value is -0.130. The molecule has 4 nitrogen and oxygen atoms in total. The minimum Gasteiger partial charge on any atom is -0.389 e. The van der Waals surface area contributed by atoms with Gasteiger partial charge in [-0.25, -0.2) is 8.42 Å². The molecule has 0 amide bonds. The third-order valence-corrected chi connectivity index (χ3v) is 6.06. The van der Waals surface area contributed by atoms with Crippen molar-refractivity contribution in [3.8, 4) is 0 Å². The molecule has 3 atom stereocenters. The van der Waals surface area contributed by atoms with Gasteiger partial charge < -0.3 is 5.11 Å². The molecule has 0 aromatic rings. The van der Waals surface area contributed by atoms with Crippen LogP contribution in [0, 0.1) is 0 Å². The smallest absolute Gasteiger partial charge is 0.150 e. The zero-order valence-electron chi connectivity index (χ0n) is 11.4. The second-order valence-corrected chi connectivity index (χ2v) is 8.67. The number of hydrogen-bond acceptors (Lipinski definition) is 4. The van der Waals surface area contributed by atoms with Gasteiger partial charge in [-0.2, -0.15) is 0 Å². The van der Waals surface area contributed by atoms with Crippen LogP contribution in [0.3, 0.4) is 0 Å². The molecule has 1 aliphatic carbocycles. The zero-order chi connectivity index (χ0) is 13.4. The summed E-state index contributed by atoms with van der Waals surface area (Å²) < 4.78 is 23.3. The van der Waals surface area contributed by atoms with E-state index in [2.05, 4.69) is 4.90 Å². The first-order valence-electron chi connectivity index (χ1n) is 6.93. The van der Waals surface area contributed by atoms with E-state index in [1.807, 2.05) is 6.92 Å². The van der Waals surface area contributed by atoms with Gasteiger partial charge >= 0.3 is 0 Å². The van der Waals surface area contributed by atoms with Crippen LogP contribution in [0.15, 0.2) is 0 Å². The lowest BCUT2D eigenvalue weighted by Crippen LogP contribution is -2.52. The molecule has 0 radical (unpaired) electrons. The Balaban J connectivity index is 2.01. The fourth-order valence-electron chi connectivity index (χ4n) is 3.41. The van der Waals surface area contributed by atoms with Crippen molar-refractivity contribution >= 4 is 9.84 Å². The number of β-amino-alcohol motifs (C(OH)–C–C–N with tert-alkyl or cyclic N) is 1. The van der Waals surface area contributed by atoms with Crippen LogP contribution in [0.25, 0.3) is 0 Å². The molecule has 5 heteroatoms. The van der Waals surface area contributed by atoms with Crippen molar-refractivity contribution < 1.29 is 13.5 Å². The van der Waals surface area contributed by atoms with Crippen molar-refractivity contribution in [2.24, 2.45) is 0 Å². The molecule has 106 valence electrons. The molecule has 1 heterocycles. The average Bonchev–Trinajstić information content (AvgIpc) is 2.27. The fourth-order valence-corrected chi connectivity index (χ4v) is 4.58. The van der Waals surface area contributed by atoms with Gasteiger partial charge in [0.25, 0.3) is 0 Å². The molecule has 1 saturated heterocycles. The first kappa shape index (κ1) is 14.3. The van der Waals surface area contributed by atoms with Gasteiger partial charge in [0.05, 0.1) is 10.9 Å². The lowest BCUT2D eigenvalue weighted by molar-refractivity contribution is -0.0347. The topological polar surface area (TPSA) is 57.6 Å². The van der Waals surface area contributed by atoms with Crippen LogP contribution in [-0.4, -0.2) is 54.7 Å². The Bertz CT molecular complexity index is 391. The summed E-state index contributed by atoms with van der Waals surface area (Å²) in [6, 6.07) is 0.338. The van der Waals surface area contributed by atoms with E-state index in [0.717, 1.165) is 45.1 Å². The van der Waals surface area contributed by atoms with Crippen LogP contribution >= 0.6 is 0 Å². The van der Waals surface area contributed by atoms with Crippen LogP contribution in [0.2, 0.25) is 0 Å². The maximum absolute atomic E-state index is 11.7. The van der Waals surface area contributed by atoms with Gasteiger partial charge in [-0.05, 0) is 45.6 Å². The largest absolute Gasteiger partial charge is 0.389 e. The number of likely N-dealkylation sites (tertiary alicyclic amines) is 1. The number of hydrogen-bond donors (Lipinski definition) is 1. The van der Waals surface area contributed by atoms with E-state index < -0.39 is 15.4 Å². The highest BCUT2D eigenvalue weighted by molar-refractivity contribution is 7.91. The van der Waals surface area contributed by atoms with Crippen LogP contribution < -0.4 is 0 Å². The molecular formula is C13H25NO3S. The number of nitrogens with zero attached hydrogens (tertiary/aromatic N) is 1. The SMILES string of the molecule is CC1(O)CCCN(C2CCCC(S(C)(=O)=O)C2)C1. The van der Waals surface area contributed by atoms with Gasteiger partial charge in [-0.1, -0.05) is 6.42 Å². The minimum absolute atomic E-state index is 0.178. The Morgan fingerprint density at radius 3 is 2.61 bits per heavy atom. The quantitative estimate of drug-likeness (QED) is 0.822. The Morgan fingerprint density at radius 1 is 1.28 bits per heavy atom. The molecule has 1 N–H and O–H groups in total. The molecule has 2 fully saturated rings. The fraction of sp³-hybridized carbons (Fsp3) is 1.00. The molecule has 18 heavy (non-hydrogen) atoms. The molecule has 2 rings (SSSR count). The molecule has 0 spiro atoms. The first-order chi connectivity index (χ1) is 8.28. The van der Waals surface area contributed by atoms with Crippen LogP contribution in [0.4, 0.5) is 0 Å². The van der Waals surface area contributed by atoms with Crippen LogP contribution in [0.1, 0.15) is 45.4 Å². The standard InChI is InChI=1S/C13H25NO3S/c1-13(15)7-4-8-14(10-13)11-5-3-6-12(9-11)18(2,16)17/h11-12,15H,3-10H2,1-2H3. The number of piperidine rings is 1. The molecule has 1 aliphatic heterocycles. The summed E-state index contributed by atoms with van der Waals surface area (Å²) in [6.07, 6.45) is 6.82. The minimum atomic E-state index is -2.92. The number of rotatable bonds is 2. The summed E-state index contributed by atoms with van der Waals surface area (Å²) in [4.78, 5) is 2.31. The van der Waals surface area contributed by atoms with Gasteiger partial charge in [-0.15, -0.1) is 0 Å². The van der Waals surface area contributed by atoms with Crippen molar-refractivity contribution in [3.63, 3.8) is 0 Å². The lowest BCUT2D eigenvalue weighted by atomic mass is 9.89. The maximum atomic E-state index is 11.7. The van der Waals surface area contributed by atoms with Crippen LogP contribution in [0.5, 0.6) is 0 Å².